The molecule has 0 spiro atoms. The summed E-state index contributed by atoms with van der Waals surface area (Å²) in [6.45, 7) is 15.0. The molecule has 1 aliphatic carbocycles. The Hall–Kier alpha value is -3.45. The average Bonchev–Trinajstić information content (AvgIpc) is 3.36. The number of aliphatic hydroxyl groups excluding tert-OH is 2. The van der Waals surface area contributed by atoms with Crippen molar-refractivity contribution in [3.05, 3.63) is 47.6 Å². The molecule has 0 radical (unpaired) electrons. The van der Waals surface area contributed by atoms with E-state index in [1.165, 1.54) is 12.0 Å². The Morgan fingerprint density at radius 1 is 0.847 bits per heavy atom. The summed E-state index contributed by atoms with van der Waals surface area (Å²) in [5.74, 6) is -8.20. The van der Waals surface area contributed by atoms with Gasteiger partial charge in [0.05, 0.1) is 50.8 Å². The van der Waals surface area contributed by atoms with Gasteiger partial charge in [-0.1, -0.05) is 71.1 Å². The molecule has 3 aliphatic heterocycles. The highest BCUT2D eigenvalue weighted by Crippen LogP contribution is 2.38. The van der Waals surface area contributed by atoms with Crippen LogP contribution < -0.4 is 0 Å². The van der Waals surface area contributed by atoms with Gasteiger partial charge >= 0.3 is 5.97 Å². The van der Waals surface area contributed by atoms with Crippen LogP contribution in [-0.4, -0.2) is 158 Å². The number of carbonyl (C=O) groups excluding carboxylic acids is 5. The van der Waals surface area contributed by atoms with Crippen LogP contribution in [0.25, 0.3) is 0 Å². The number of hydrogen-bond acceptors (Lipinski definition) is 15. The van der Waals surface area contributed by atoms with Crippen LogP contribution in [0, 0.1) is 35.5 Å². The van der Waals surface area contributed by atoms with Crippen LogP contribution in [0.1, 0.15) is 132 Å². The maximum Gasteiger partial charge on any atom is 0.329 e. The van der Waals surface area contributed by atoms with E-state index in [2.05, 4.69) is 0 Å². The number of allylic oxidation sites excluding steroid dienone is 6. The van der Waals surface area contributed by atoms with Gasteiger partial charge in [0.15, 0.2) is 11.4 Å². The summed E-state index contributed by atoms with van der Waals surface area (Å²) < 4.78 is 41.6. The Balaban J connectivity index is 1.73. The number of Topliss-reactive ketones (excluding diaryl/α,β-unsaturated/α-hetero) is 3. The molecule has 2 saturated heterocycles. The van der Waals surface area contributed by atoms with E-state index in [1.807, 2.05) is 58.1 Å². The zero-order chi connectivity index (χ0) is 53.3. The molecule has 0 aromatic heterocycles. The van der Waals surface area contributed by atoms with Gasteiger partial charge in [-0.25, -0.2) is 4.79 Å². The van der Waals surface area contributed by atoms with Crippen molar-refractivity contribution in [3.63, 3.8) is 0 Å². The van der Waals surface area contributed by atoms with Crippen LogP contribution in [0.2, 0.25) is 0 Å². The van der Waals surface area contributed by atoms with Crippen molar-refractivity contribution in [2.75, 3.05) is 54.3 Å². The SMILES string of the molecule is COCCO[C@H]1C[C@@H]2CC[C@@H](C)[C@@](O)(O2)C(=O)C(=O)N2CCCCC2C(=O)O[C@H]([C@H](C)C[C@@H]2CC[C@@H](OCCO)[C@H](OC)C2)CC(=O)[C@H](C)/C=C(\C)[C@@H](O)[C@](C)(OC)C(=O)[C@H](C)C[C@H](C)C=C/C=C/C=C/1C. The fourth-order valence-corrected chi connectivity index (χ4v) is 11.0. The number of esters is 1. The lowest BCUT2D eigenvalue weighted by atomic mass is 9.78. The maximum absolute atomic E-state index is 14.6. The van der Waals surface area contributed by atoms with Crippen molar-refractivity contribution < 1.29 is 72.5 Å². The monoisotopic (exact) mass is 1020 g/mol. The average molecular weight is 1020 g/mol. The number of rotatable bonds is 12. The molecule has 1 saturated carbocycles. The first-order valence-corrected chi connectivity index (χ1v) is 26.5. The number of hydrogen-bond donors (Lipinski definition) is 3. The number of aliphatic hydroxyl groups is 3. The van der Waals surface area contributed by atoms with E-state index in [1.54, 1.807) is 48.0 Å². The summed E-state index contributed by atoms with van der Waals surface area (Å²) in [6.07, 6.45) is 12.8. The lowest BCUT2D eigenvalue weighted by Gasteiger charge is -2.43. The van der Waals surface area contributed by atoms with E-state index in [0.717, 1.165) is 12.0 Å². The van der Waals surface area contributed by atoms with Crippen LogP contribution >= 0.6 is 0 Å². The Kier molecular flexibility index (Phi) is 24.6. The minimum absolute atomic E-state index is 0.0148. The Morgan fingerprint density at radius 3 is 2.26 bits per heavy atom. The molecule has 15 atom stereocenters. The molecule has 3 heterocycles. The Labute approximate surface area is 429 Å². The van der Waals surface area contributed by atoms with Gasteiger partial charge in [-0.05, 0) is 114 Å². The molecule has 0 aromatic carbocycles. The smallest absolute Gasteiger partial charge is 0.329 e. The summed E-state index contributed by atoms with van der Waals surface area (Å²) >= 11 is 0. The van der Waals surface area contributed by atoms with Crippen LogP contribution in [0.3, 0.4) is 0 Å². The number of ether oxygens (including phenoxy) is 7. The van der Waals surface area contributed by atoms with Crippen molar-refractivity contribution >= 4 is 29.2 Å². The van der Waals surface area contributed by atoms with Gasteiger partial charge in [0.1, 0.15) is 24.0 Å². The van der Waals surface area contributed by atoms with Gasteiger partial charge in [-0.15, -0.1) is 0 Å². The number of cyclic esters (lactones) is 1. The summed E-state index contributed by atoms with van der Waals surface area (Å²) in [6, 6.07) is -1.16. The number of nitrogens with zero attached hydrogens (tertiary/aromatic N) is 1. The van der Waals surface area contributed by atoms with Crippen molar-refractivity contribution in [2.45, 2.75) is 186 Å². The van der Waals surface area contributed by atoms with Crippen LogP contribution in [-0.2, 0) is 57.1 Å². The fraction of sp³-hybridized carbons (Fsp3) is 0.768. The van der Waals surface area contributed by atoms with E-state index in [9.17, 15) is 39.3 Å². The molecule has 4 rings (SSSR count). The van der Waals surface area contributed by atoms with E-state index in [-0.39, 0.29) is 87.2 Å². The summed E-state index contributed by atoms with van der Waals surface area (Å²) in [5.41, 5.74) is -0.389. The topological polar surface area (TPSA) is 214 Å². The zero-order valence-electron chi connectivity index (χ0n) is 45.2. The molecular weight excluding hydrogens is 927 g/mol. The standard InChI is InChI=1S/C56H89NO15/c1-35-17-13-12-14-18-36(2)47(70-28-27-66-9)33-43-22-20-41(7)56(65,72-43)52(62)53(63)57-24-16-15-19-44(57)54(64)71-48(38(4)31-42-21-23-46(69-26-25-58)49(32-42)67-10)34-45(59)37(3)30-40(6)51(61)55(8,68-11)50(60)39(5)29-35/h12-14,17-18,30,35,37-39,41-44,46-49,51,58,61,65H,15-16,19-29,31-34H2,1-11H3/b14-12+,17-13?,36-18+,40-30+/t35-,37-,38-,39-,41-,42+,43+,44?,46-,47+,48+,49-,51-,55-,56-/m1/s1. The minimum atomic E-state index is -2.46. The third kappa shape index (κ3) is 16.3. The molecule has 72 heavy (non-hydrogen) atoms. The molecule has 0 aromatic rings. The van der Waals surface area contributed by atoms with E-state index < -0.39 is 77.3 Å². The minimum Gasteiger partial charge on any atom is -0.460 e. The van der Waals surface area contributed by atoms with Gasteiger partial charge < -0.3 is 53.4 Å². The van der Waals surface area contributed by atoms with Gasteiger partial charge in [0, 0.05) is 58.5 Å². The first-order valence-electron chi connectivity index (χ1n) is 26.5. The molecule has 16 nitrogen and oxygen atoms in total. The highest BCUT2D eigenvalue weighted by atomic mass is 16.6. The van der Waals surface area contributed by atoms with Crippen molar-refractivity contribution in [1.29, 1.82) is 0 Å². The first kappa shape index (κ1) is 61.1. The molecule has 408 valence electrons. The van der Waals surface area contributed by atoms with Crippen LogP contribution in [0.5, 0.6) is 0 Å². The summed E-state index contributed by atoms with van der Waals surface area (Å²) in [7, 11) is 4.59. The van der Waals surface area contributed by atoms with Crippen molar-refractivity contribution in [1.82, 2.24) is 4.90 Å². The molecule has 1 amide bonds. The van der Waals surface area contributed by atoms with Gasteiger partial charge in [-0.2, -0.15) is 0 Å². The fourth-order valence-electron chi connectivity index (χ4n) is 11.0. The first-order chi connectivity index (χ1) is 34.1. The van der Waals surface area contributed by atoms with Gasteiger partial charge in [-0.3, -0.25) is 19.2 Å². The number of piperidine rings is 1. The number of fused-ring (bicyclic) bond motifs is 3. The molecule has 16 heteroatoms. The Bertz CT molecular complexity index is 1910. The second-order valence-electron chi connectivity index (χ2n) is 21.4. The summed E-state index contributed by atoms with van der Waals surface area (Å²) in [5, 5.41) is 33.3. The molecular formula is C56H89NO15. The largest absolute Gasteiger partial charge is 0.460 e. The molecule has 3 N–H and O–H groups in total. The quantitative estimate of drug-likeness (QED) is 0.0813. The number of methoxy groups -OCH3 is 3. The van der Waals surface area contributed by atoms with Crippen molar-refractivity contribution in [2.24, 2.45) is 35.5 Å². The van der Waals surface area contributed by atoms with E-state index in [0.29, 0.717) is 63.5 Å². The maximum atomic E-state index is 14.6. The lowest BCUT2D eigenvalue weighted by molar-refractivity contribution is -0.266. The second kappa shape index (κ2) is 29.0. The highest BCUT2D eigenvalue weighted by Gasteiger charge is 2.53. The van der Waals surface area contributed by atoms with Gasteiger partial charge in [0.25, 0.3) is 11.7 Å². The predicted molar refractivity (Wildman–Crippen MR) is 271 cm³/mol. The normalized spacial score (nSPS) is 38.2. The van der Waals surface area contributed by atoms with E-state index in [4.69, 9.17) is 33.2 Å². The number of carbonyl (C=O) groups is 5. The summed E-state index contributed by atoms with van der Waals surface area (Å²) in [4.78, 5) is 73.0. The number of ketones is 3. The van der Waals surface area contributed by atoms with Crippen LogP contribution in [0.15, 0.2) is 47.6 Å². The third-order valence-corrected chi connectivity index (χ3v) is 15.7. The highest BCUT2D eigenvalue weighted by molar-refractivity contribution is 6.39. The lowest BCUT2D eigenvalue weighted by Crippen LogP contribution is -2.61. The zero-order valence-corrected chi connectivity index (χ0v) is 45.2. The van der Waals surface area contributed by atoms with Crippen molar-refractivity contribution in [3.8, 4) is 0 Å². The van der Waals surface area contributed by atoms with Crippen LogP contribution in [0.4, 0.5) is 0 Å². The molecule has 2 bridgehead atoms. The molecule has 1 unspecified atom stereocenters. The predicted octanol–water partition coefficient (Wildman–Crippen LogP) is 6.60. The number of amides is 1. The molecule has 4 aliphatic rings. The second-order valence-corrected chi connectivity index (χ2v) is 21.4. The van der Waals surface area contributed by atoms with E-state index >= 15 is 0 Å². The van der Waals surface area contributed by atoms with Gasteiger partial charge in [0.2, 0.25) is 5.79 Å². The Morgan fingerprint density at radius 2 is 1.58 bits per heavy atom. The molecule has 3 fully saturated rings. The third-order valence-electron chi connectivity index (χ3n) is 15.7.